The van der Waals surface area contributed by atoms with Crippen LogP contribution in [0.5, 0.6) is 5.75 Å². The zero-order valence-corrected chi connectivity index (χ0v) is 15.3. The van der Waals surface area contributed by atoms with Crippen molar-refractivity contribution in [2.75, 3.05) is 6.61 Å². The largest absolute Gasteiger partial charge is 0.483 e. The summed E-state index contributed by atoms with van der Waals surface area (Å²) >= 11 is 9.18. The van der Waals surface area contributed by atoms with Crippen LogP contribution in [-0.4, -0.2) is 22.7 Å². The minimum absolute atomic E-state index is 0.129. The highest BCUT2D eigenvalue weighted by atomic mass is 79.9. The minimum Gasteiger partial charge on any atom is -0.483 e. The number of nitrogens with one attached hydrogen (secondary N) is 1. The topological polar surface area (TPSA) is 77.2 Å². The number of aromatic nitrogens is 2. The van der Waals surface area contributed by atoms with Crippen molar-refractivity contribution < 1.29 is 14.1 Å². The first-order chi connectivity index (χ1) is 12.1. The molecular formula is C17H13BrClN3O3. The average Bonchev–Trinajstić information content (AvgIpc) is 3.09. The fourth-order valence-electron chi connectivity index (χ4n) is 1.99. The first-order valence-corrected chi connectivity index (χ1v) is 8.51. The van der Waals surface area contributed by atoms with E-state index in [2.05, 4.69) is 31.4 Å². The van der Waals surface area contributed by atoms with Gasteiger partial charge in [0.2, 0.25) is 11.7 Å². The number of amides is 1. The quantitative estimate of drug-likeness (QED) is 0.653. The average molecular weight is 423 g/mol. The van der Waals surface area contributed by atoms with Gasteiger partial charge in [-0.1, -0.05) is 47.1 Å². The Morgan fingerprint density at radius 3 is 2.80 bits per heavy atom. The van der Waals surface area contributed by atoms with Crippen LogP contribution < -0.4 is 10.1 Å². The van der Waals surface area contributed by atoms with Gasteiger partial charge >= 0.3 is 0 Å². The van der Waals surface area contributed by atoms with Crippen molar-refractivity contribution in [3.63, 3.8) is 0 Å². The molecule has 0 atom stereocenters. The molecule has 6 nitrogen and oxygen atoms in total. The lowest BCUT2D eigenvalue weighted by Gasteiger charge is -2.08. The molecule has 0 aliphatic rings. The molecule has 3 aromatic rings. The predicted molar refractivity (Wildman–Crippen MR) is 96.2 cm³/mol. The number of nitrogens with zero attached hydrogens (tertiary/aromatic N) is 2. The van der Waals surface area contributed by atoms with Gasteiger partial charge in [-0.15, -0.1) is 0 Å². The normalized spacial score (nSPS) is 10.5. The first kappa shape index (κ1) is 17.4. The number of ether oxygens (including phenoxy) is 1. The Morgan fingerprint density at radius 2 is 2.04 bits per heavy atom. The van der Waals surface area contributed by atoms with Crippen LogP contribution in [0.3, 0.4) is 0 Å². The number of hydrogen-bond acceptors (Lipinski definition) is 5. The number of halogens is 2. The fourth-order valence-corrected chi connectivity index (χ4v) is 2.79. The van der Waals surface area contributed by atoms with E-state index in [4.69, 9.17) is 20.9 Å². The molecule has 0 aliphatic heterocycles. The fraction of sp³-hybridized carbons (Fsp3) is 0.118. The van der Waals surface area contributed by atoms with Gasteiger partial charge in [-0.2, -0.15) is 4.98 Å². The molecule has 2 aromatic carbocycles. The molecule has 0 saturated carbocycles. The number of benzene rings is 2. The second kappa shape index (κ2) is 8.13. The third-order valence-corrected chi connectivity index (χ3v) is 4.04. The Hall–Kier alpha value is -2.38. The Kier molecular flexibility index (Phi) is 5.67. The Labute approximate surface area is 157 Å². The van der Waals surface area contributed by atoms with Crippen molar-refractivity contribution in [3.05, 3.63) is 63.9 Å². The van der Waals surface area contributed by atoms with E-state index >= 15 is 0 Å². The molecule has 1 amide bonds. The van der Waals surface area contributed by atoms with Crippen molar-refractivity contribution >= 4 is 33.4 Å². The lowest BCUT2D eigenvalue weighted by atomic mass is 10.2. The van der Waals surface area contributed by atoms with Gasteiger partial charge in [-0.3, -0.25) is 4.79 Å². The van der Waals surface area contributed by atoms with Gasteiger partial charge in [0.1, 0.15) is 5.75 Å². The molecule has 128 valence electrons. The Morgan fingerprint density at radius 1 is 1.24 bits per heavy atom. The first-order valence-electron chi connectivity index (χ1n) is 7.34. The van der Waals surface area contributed by atoms with E-state index in [9.17, 15) is 4.79 Å². The van der Waals surface area contributed by atoms with E-state index in [1.54, 1.807) is 18.2 Å². The van der Waals surface area contributed by atoms with Gasteiger partial charge in [0.15, 0.2) is 6.61 Å². The highest BCUT2D eigenvalue weighted by Crippen LogP contribution is 2.27. The van der Waals surface area contributed by atoms with E-state index in [0.29, 0.717) is 27.0 Å². The van der Waals surface area contributed by atoms with E-state index in [0.717, 1.165) is 5.56 Å². The van der Waals surface area contributed by atoms with Gasteiger partial charge in [-0.05, 0) is 34.1 Å². The summed E-state index contributed by atoms with van der Waals surface area (Å²) in [7, 11) is 0. The summed E-state index contributed by atoms with van der Waals surface area (Å²) < 4.78 is 11.2. The van der Waals surface area contributed by atoms with Crippen LogP contribution in [0.2, 0.25) is 5.02 Å². The summed E-state index contributed by atoms with van der Waals surface area (Å²) in [5, 5.41) is 7.13. The van der Waals surface area contributed by atoms with Gasteiger partial charge in [0, 0.05) is 10.6 Å². The maximum absolute atomic E-state index is 11.9. The van der Waals surface area contributed by atoms with Crippen LogP contribution in [0.1, 0.15) is 5.89 Å². The Balaban J connectivity index is 1.50. The van der Waals surface area contributed by atoms with Crippen molar-refractivity contribution in [1.29, 1.82) is 0 Å². The third-order valence-electron chi connectivity index (χ3n) is 3.19. The second-order valence-electron chi connectivity index (χ2n) is 5.02. The smallest absolute Gasteiger partial charge is 0.258 e. The SMILES string of the molecule is O=C(COc1ccc(Cl)cc1Br)NCc1nc(-c2ccccc2)no1. The maximum Gasteiger partial charge on any atom is 0.258 e. The molecule has 0 fully saturated rings. The summed E-state index contributed by atoms with van der Waals surface area (Å²) in [6, 6.07) is 14.5. The molecule has 0 saturated heterocycles. The molecular weight excluding hydrogens is 410 g/mol. The predicted octanol–water partition coefficient (Wildman–Crippen LogP) is 3.85. The summed E-state index contributed by atoms with van der Waals surface area (Å²) in [5.74, 6) is 1.02. The molecule has 0 spiro atoms. The van der Waals surface area contributed by atoms with E-state index in [-0.39, 0.29) is 19.1 Å². The van der Waals surface area contributed by atoms with Crippen molar-refractivity contribution in [2.24, 2.45) is 0 Å². The molecule has 8 heteroatoms. The molecule has 1 heterocycles. The summed E-state index contributed by atoms with van der Waals surface area (Å²) in [6.45, 7) is -0.0102. The maximum atomic E-state index is 11.9. The molecule has 0 bridgehead atoms. The van der Waals surface area contributed by atoms with E-state index in [1.807, 2.05) is 30.3 Å². The number of carbonyl (C=O) groups excluding carboxylic acids is 1. The highest BCUT2D eigenvalue weighted by molar-refractivity contribution is 9.10. The zero-order valence-electron chi connectivity index (χ0n) is 12.9. The van der Waals surface area contributed by atoms with Crippen molar-refractivity contribution in [3.8, 4) is 17.1 Å². The molecule has 0 aliphatic carbocycles. The number of hydrogen-bond donors (Lipinski definition) is 1. The van der Waals surface area contributed by atoms with Gasteiger partial charge < -0.3 is 14.6 Å². The van der Waals surface area contributed by atoms with Crippen LogP contribution in [-0.2, 0) is 11.3 Å². The monoisotopic (exact) mass is 421 g/mol. The number of carbonyl (C=O) groups is 1. The lowest BCUT2D eigenvalue weighted by Crippen LogP contribution is -2.28. The van der Waals surface area contributed by atoms with Crippen molar-refractivity contribution in [1.82, 2.24) is 15.5 Å². The van der Waals surface area contributed by atoms with E-state index in [1.165, 1.54) is 0 Å². The molecule has 3 rings (SSSR count). The molecule has 1 N–H and O–H groups in total. The van der Waals surface area contributed by atoms with Crippen LogP contribution in [0.25, 0.3) is 11.4 Å². The minimum atomic E-state index is -0.304. The molecule has 0 unspecified atom stereocenters. The molecule has 0 radical (unpaired) electrons. The van der Waals surface area contributed by atoms with Gasteiger partial charge in [-0.25, -0.2) is 0 Å². The summed E-state index contributed by atoms with van der Waals surface area (Å²) in [5.41, 5.74) is 0.847. The van der Waals surface area contributed by atoms with Gasteiger partial charge in [0.25, 0.3) is 5.91 Å². The van der Waals surface area contributed by atoms with Crippen molar-refractivity contribution in [2.45, 2.75) is 6.54 Å². The van der Waals surface area contributed by atoms with Crippen LogP contribution in [0.4, 0.5) is 0 Å². The zero-order chi connectivity index (χ0) is 17.6. The summed E-state index contributed by atoms with van der Waals surface area (Å²) in [6.07, 6.45) is 0. The van der Waals surface area contributed by atoms with Gasteiger partial charge in [0.05, 0.1) is 11.0 Å². The van der Waals surface area contributed by atoms with Crippen LogP contribution in [0, 0.1) is 0 Å². The number of rotatable bonds is 6. The van der Waals surface area contributed by atoms with Crippen LogP contribution in [0.15, 0.2) is 57.5 Å². The van der Waals surface area contributed by atoms with E-state index < -0.39 is 0 Å². The Bertz CT molecular complexity index is 871. The second-order valence-corrected chi connectivity index (χ2v) is 6.31. The third kappa shape index (κ3) is 4.80. The summed E-state index contributed by atoms with van der Waals surface area (Å²) in [4.78, 5) is 16.1. The lowest BCUT2D eigenvalue weighted by molar-refractivity contribution is -0.123. The standard InChI is InChI=1S/C17H13BrClN3O3/c18-13-8-12(19)6-7-14(13)24-10-15(23)20-9-16-21-17(22-25-16)11-4-2-1-3-5-11/h1-8H,9-10H2,(H,20,23). The van der Waals surface area contributed by atoms with Crippen LogP contribution >= 0.6 is 27.5 Å². The highest BCUT2D eigenvalue weighted by Gasteiger charge is 2.10. The molecule has 25 heavy (non-hydrogen) atoms. The molecule has 1 aromatic heterocycles.